The van der Waals surface area contributed by atoms with Gasteiger partial charge < -0.3 is 19.4 Å². The number of methoxy groups -OCH3 is 1. The fourth-order valence-electron chi connectivity index (χ4n) is 3.24. The van der Waals surface area contributed by atoms with Crippen LogP contribution in [0.2, 0.25) is 0 Å². The zero-order valence-electron chi connectivity index (χ0n) is 15.0. The Kier molecular flexibility index (Phi) is 5.87. The van der Waals surface area contributed by atoms with Gasteiger partial charge in [-0.3, -0.25) is 10.1 Å². The number of ether oxygens (including phenoxy) is 1. The highest BCUT2D eigenvalue weighted by Crippen LogP contribution is 2.14. The second kappa shape index (κ2) is 8.50. The second-order valence-electron chi connectivity index (χ2n) is 6.37. The Labute approximate surface area is 156 Å². The summed E-state index contributed by atoms with van der Waals surface area (Å²) in [6, 6.07) is 10.2. The minimum absolute atomic E-state index is 0.0116. The molecule has 1 aromatic carbocycles. The molecule has 0 fully saturated rings. The number of hydrogen-bond donors (Lipinski definition) is 3. The number of esters is 1. The minimum Gasteiger partial charge on any atom is -0.467 e. The van der Waals surface area contributed by atoms with Gasteiger partial charge in [0, 0.05) is 12.0 Å². The number of nitrogens with one attached hydrogen (secondary N) is 3. The van der Waals surface area contributed by atoms with Crippen LogP contribution in [0, 0.1) is 0 Å². The fourth-order valence-corrected chi connectivity index (χ4v) is 3.24. The first-order chi connectivity index (χ1) is 13.1. The molecule has 2 heterocycles. The van der Waals surface area contributed by atoms with Crippen molar-refractivity contribution in [1.29, 1.82) is 0 Å². The summed E-state index contributed by atoms with van der Waals surface area (Å²) in [4.78, 5) is 37.1. The third-order valence-corrected chi connectivity index (χ3v) is 4.58. The number of fused-ring (bicyclic) bond motifs is 1. The molecule has 0 bridgehead atoms. The monoisotopic (exact) mass is 372 g/mol. The van der Waals surface area contributed by atoms with E-state index < -0.39 is 18.0 Å². The Morgan fingerprint density at radius 3 is 2.67 bits per heavy atom. The molecule has 1 aromatic heterocycles. The van der Waals surface area contributed by atoms with E-state index in [0.29, 0.717) is 18.7 Å². The van der Waals surface area contributed by atoms with Crippen LogP contribution in [0.25, 0.3) is 0 Å². The molecule has 3 N–H and O–H groups in total. The van der Waals surface area contributed by atoms with Crippen molar-refractivity contribution in [1.82, 2.24) is 10.6 Å². The summed E-state index contributed by atoms with van der Waals surface area (Å²) < 4.78 is 10.0. The van der Waals surface area contributed by atoms with Crippen molar-refractivity contribution < 1.29 is 28.4 Å². The predicted octanol–water partition coefficient (Wildman–Crippen LogP) is -0.212. The van der Waals surface area contributed by atoms with Gasteiger partial charge in [-0.2, -0.15) is 0 Å². The SMILES string of the molecule is COC(=O)[C@@H]1Cc2ccccc2C[NH+]1CC(=O)NC(=O)NCc1ccco1. The van der Waals surface area contributed by atoms with Crippen LogP contribution in [0.3, 0.4) is 0 Å². The lowest BCUT2D eigenvalue weighted by atomic mass is 9.94. The first-order valence-electron chi connectivity index (χ1n) is 8.66. The molecule has 3 amide bonds. The molecule has 1 unspecified atom stereocenters. The van der Waals surface area contributed by atoms with Crippen LogP contribution in [-0.2, 0) is 33.8 Å². The van der Waals surface area contributed by atoms with E-state index in [0.717, 1.165) is 16.0 Å². The number of hydrogen-bond acceptors (Lipinski definition) is 5. The lowest BCUT2D eigenvalue weighted by Gasteiger charge is -2.31. The first-order valence-corrected chi connectivity index (χ1v) is 8.66. The number of amides is 3. The lowest BCUT2D eigenvalue weighted by Crippen LogP contribution is -3.17. The van der Waals surface area contributed by atoms with E-state index in [1.165, 1.54) is 13.4 Å². The molecule has 8 heteroatoms. The standard InChI is InChI=1S/C19H21N3O5/c1-26-18(24)16-9-13-5-2-3-6-14(13)11-22(16)12-17(23)21-19(25)20-10-15-7-4-8-27-15/h2-8,16H,9-12H2,1H3,(H2,20,21,23,25)/p+1/t16-/m0/s1. The van der Waals surface area contributed by atoms with Crippen molar-refractivity contribution in [2.75, 3.05) is 13.7 Å². The van der Waals surface area contributed by atoms with Gasteiger partial charge in [0.2, 0.25) is 0 Å². The first kappa shape index (κ1) is 18.7. The van der Waals surface area contributed by atoms with Crippen LogP contribution >= 0.6 is 0 Å². The highest BCUT2D eigenvalue weighted by molar-refractivity contribution is 5.94. The van der Waals surface area contributed by atoms with Crippen molar-refractivity contribution in [2.24, 2.45) is 0 Å². The molecule has 8 nitrogen and oxygen atoms in total. The third-order valence-electron chi connectivity index (χ3n) is 4.58. The van der Waals surface area contributed by atoms with Crippen molar-refractivity contribution in [2.45, 2.75) is 25.6 Å². The summed E-state index contributed by atoms with van der Waals surface area (Å²) in [6.45, 7) is 0.681. The Bertz CT molecular complexity index is 819. The van der Waals surface area contributed by atoms with Crippen LogP contribution in [0.4, 0.5) is 4.79 Å². The molecule has 1 aliphatic heterocycles. The molecule has 0 saturated heterocycles. The molecule has 0 saturated carbocycles. The number of imide groups is 1. The summed E-state index contributed by atoms with van der Waals surface area (Å²) in [5.41, 5.74) is 2.16. The van der Waals surface area contributed by atoms with Gasteiger partial charge in [0.25, 0.3) is 5.91 Å². The Morgan fingerprint density at radius 2 is 1.96 bits per heavy atom. The van der Waals surface area contributed by atoms with Crippen LogP contribution in [-0.4, -0.2) is 37.6 Å². The van der Waals surface area contributed by atoms with Crippen LogP contribution in [0.1, 0.15) is 16.9 Å². The summed E-state index contributed by atoms with van der Waals surface area (Å²) >= 11 is 0. The molecule has 2 atom stereocenters. The molecular formula is C19H22N3O5+. The fraction of sp³-hybridized carbons (Fsp3) is 0.316. The number of carbonyl (C=O) groups excluding carboxylic acids is 3. The van der Waals surface area contributed by atoms with Crippen LogP contribution in [0.5, 0.6) is 0 Å². The van der Waals surface area contributed by atoms with Gasteiger partial charge >= 0.3 is 12.0 Å². The highest BCUT2D eigenvalue weighted by Gasteiger charge is 2.37. The Hall–Kier alpha value is -3.13. The van der Waals surface area contributed by atoms with Crippen molar-refractivity contribution >= 4 is 17.9 Å². The third kappa shape index (κ3) is 4.73. The topological polar surface area (TPSA) is 102 Å². The molecular weight excluding hydrogens is 350 g/mol. The smallest absolute Gasteiger partial charge is 0.365 e. The predicted molar refractivity (Wildman–Crippen MR) is 94.6 cm³/mol. The number of furan rings is 1. The molecule has 27 heavy (non-hydrogen) atoms. The number of quaternary nitrogens is 1. The molecule has 0 spiro atoms. The molecule has 1 aliphatic rings. The van der Waals surface area contributed by atoms with Gasteiger partial charge in [0.15, 0.2) is 12.6 Å². The summed E-state index contributed by atoms with van der Waals surface area (Å²) in [6.07, 6.45) is 2.00. The van der Waals surface area contributed by atoms with E-state index in [1.54, 1.807) is 12.1 Å². The van der Waals surface area contributed by atoms with E-state index in [4.69, 9.17) is 9.15 Å². The summed E-state index contributed by atoms with van der Waals surface area (Å²) in [5.74, 6) is -0.244. The molecule has 0 radical (unpaired) electrons. The maximum absolute atomic E-state index is 12.3. The highest BCUT2D eigenvalue weighted by atomic mass is 16.5. The van der Waals surface area contributed by atoms with Crippen LogP contribution in [0.15, 0.2) is 47.1 Å². The lowest BCUT2D eigenvalue weighted by molar-refractivity contribution is -0.924. The molecule has 0 aliphatic carbocycles. The number of urea groups is 1. The van der Waals surface area contributed by atoms with E-state index in [9.17, 15) is 14.4 Å². The number of benzene rings is 1. The molecule has 3 rings (SSSR count). The second-order valence-corrected chi connectivity index (χ2v) is 6.37. The van der Waals surface area contributed by atoms with E-state index in [-0.39, 0.29) is 19.1 Å². The van der Waals surface area contributed by atoms with Gasteiger partial charge in [-0.05, 0) is 17.7 Å². The zero-order chi connectivity index (χ0) is 19.2. The zero-order valence-corrected chi connectivity index (χ0v) is 15.0. The van der Waals surface area contributed by atoms with E-state index >= 15 is 0 Å². The minimum atomic E-state index is -0.608. The van der Waals surface area contributed by atoms with Gasteiger partial charge in [-0.1, -0.05) is 24.3 Å². The number of carbonyl (C=O) groups is 3. The van der Waals surface area contributed by atoms with Gasteiger partial charge in [-0.25, -0.2) is 9.59 Å². The van der Waals surface area contributed by atoms with Crippen molar-refractivity contribution in [3.63, 3.8) is 0 Å². The van der Waals surface area contributed by atoms with Crippen molar-refractivity contribution in [3.05, 3.63) is 59.5 Å². The summed E-state index contributed by atoms with van der Waals surface area (Å²) in [7, 11) is 1.34. The average molecular weight is 372 g/mol. The largest absolute Gasteiger partial charge is 0.467 e. The normalized spacial score (nSPS) is 18.3. The molecule has 142 valence electrons. The van der Waals surface area contributed by atoms with Crippen LogP contribution < -0.4 is 15.5 Å². The van der Waals surface area contributed by atoms with E-state index in [1.807, 2.05) is 24.3 Å². The van der Waals surface area contributed by atoms with Crippen molar-refractivity contribution in [3.8, 4) is 0 Å². The Morgan fingerprint density at radius 1 is 1.19 bits per heavy atom. The molecule has 2 aromatic rings. The maximum atomic E-state index is 12.3. The maximum Gasteiger partial charge on any atom is 0.365 e. The van der Waals surface area contributed by atoms with E-state index in [2.05, 4.69) is 10.6 Å². The Balaban J connectivity index is 1.59. The van der Waals surface area contributed by atoms with Gasteiger partial charge in [0.1, 0.15) is 12.3 Å². The number of rotatable bonds is 5. The quantitative estimate of drug-likeness (QED) is 0.631. The summed E-state index contributed by atoms with van der Waals surface area (Å²) in [5, 5.41) is 4.84. The van der Waals surface area contributed by atoms with Gasteiger partial charge in [0.05, 0.1) is 19.9 Å². The van der Waals surface area contributed by atoms with Gasteiger partial charge in [-0.15, -0.1) is 0 Å². The average Bonchev–Trinajstić information content (AvgIpc) is 3.18.